The fraction of sp³-hybridized carbons (Fsp3) is 0.500. The summed E-state index contributed by atoms with van der Waals surface area (Å²) in [5.41, 5.74) is 0.908. The number of hydrogen-bond acceptors (Lipinski definition) is 3. The minimum atomic E-state index is -4.67. The third-order valence-electron chi connectivity index (χ3n) is 2.25. The molecule has 0 aliphatic rings. The van der Waals surface area contributed by atoms with Gasteiger partial charge in [0, 0.05) is 6.54 Å². The Balaban J connectivity index is 2.47. The van der Waals surface area contributed by atoms with Gasteiger partial charge in [-0.2, -0.15) is 11.8 Å². The summed E-state index contributed by atoms with van der Waals surface area (Å²) in [7, 11) is 0. The number of alkyl halides is 3. The van der Waals surface area contributed by atoms with Gasteiger partial charge in [0.15, 0.2) is 0 Å². The summed E-state index contributed by atoms with van der Waals surface area (Å²) in [6, 6.07) is 4.56. The molecule has 0 saturated carbocycles. The molecule has 108 valence electrons. The second-order valence-electron chi connectivity index (χ2n) is 3.84. The fourth-order valence-corrected chi connectivity index (χ4v) is 2.38. The molecule has 2 nitrogen and oxygen atoms in total. The monoisotopic (exact) mass is 357 g/mol. The van der Waals surface area contributed by atoms with E-state index in [1.807, 2.05) is 0 Å². The van der Waals surface area contributed by atoms with Crippen molar-refractivity contribution in [1.82, 2.24) is 5.32 Å². The number of rotatable bonds is 7. The molecule has 19 heavy (non-hydrogen) atoms. The van der Waals surface area contributed by atoms with Crippen LogP contribution in [0.25, 0.3) is 0 Å². The molecule has 0 saturated heterocycles. The van der Waals surface area contributed by atoms with Crippen LogP contribution >= 0.6 is 27.7 Å². The lowest BCUT2D eigenvalue weighted by Crippen LogP contribution is -2.18. The van der Waals surface area contributed by atoms with E-state index in [0.717, 1.165) is 24.3 Å². The van der Waals surface area contributed by atoms with Gasteiger partial charge >= 0.3 is 6.36 Å². The SMILES string of the molecule is CSCCCNCc1ccc(OC(F)(F)F)c(Br)c1. The van der Waals surface area contributed by atoms with E-state index in [-0.39, 0.29) is 5.75 Å². The van der Waals surface area contributed by atoms with Crippen molar-refractivity contribution >= 4 is 27.7 Å². The Morgan fingerprint density at radius 3 is 2.68 bits per heavy atom. The first-order valence-electron chi connectivity index (χ1n) is 5.66. The van der Waals surface area contributed by atoms with Gasteiger partial charge in [0.2, 0.25) is 0 Å². The van der Waals surface area contributed by atoms with Gasteiger partial charge in [-0.05, 0) is 58.6 Å². The van der Waals surface area contributed by atoms with Crippen LogP contribution in [0.15, 0.2) is 22.7 Å². The van der Waals surface area contributed by atoms with E-state index >= 15 is 0 Å². The minimum Gasteiger partial charge on any atom is -0.405 e. The van der Waals surface area contributed by atoms with Crippen molar-refractivity contribution in [1.29, 1.82) is 0 Å². The Morgan fingerprint density at radius 1 is 1.37 bits per heavy atom. The lowest BCUT2D eigenvalue weighted by molar-refractivity contribution is -0.274. The highest BCUT2D eigenvalue weighted by Crippen LogP contribution is 2.30. The quantitative estimate of drug-likeness (QED) is 0.739. The van der Waals surface area contributed by atoms with Crippen LogP contribution in [-0.4, -0.2) is 24.9 Å². The van der Waals surface area contributed by atoms with Crippen molar-refractivity contribution < 1.29 is 17.9 Å². The molecule has 0 heterocycles. The van der Waals surface area contributed by atoms with Crippen molar-refractivity contribution in [2.75, 3.05) is 18.6 Å². The Bertz CT molecular complexity index is 401. The molecule has 1 aromatic carbocycles. The van der Waals surface area contributed by atoms with E-state index in [1.165, 1.54) is 6.07 Å². The zero-order chi connectivity index (χ0) is 14.3. The molecule has 0 amide bonds. The number of nitrogens with one attached hydrogen (secondary N) is 1. The molecule has 0 fully saturated rings. The number of hydrogen-bond donors (Lipinski definition) is 1. The highest BCUT2D eigenvalue weighted by Gasteiger charge is 2.31. The maximum absolute atomic E-state index is 12.1. The number of ether oxygens (including phenoxy) is 1. The Labute approximate surface area is 123 Å². The van der Waals surface area contributed by atoms with Crippen LogP contribution in [0.2, 0.25) is 0 Å². The van der Waals surface area contributed by atoms with Gasteiger partial charge in [0.25, 0.3) is 0 Å². The van der Waals surface area contributed by atoms with Crippen LogP contribution in [0.3, 0.4) is 0 Å². The number of halogens is 4. The predicted octanol–water partition coefficient (Wildman–Crippen LogP) is 4.19. The summed E-state index contributed by atoms with van der Waals surface area (Å²) in [5, 5.41) is 3.23. The third-order valence-corrected chi connectivity index (χ3v) is 3.57. The van der Waals surface area contributed by atoms with E-state index in [2.05, 4.69) is 32.2 Å². The lowest BCUT2D eigenvalue weighted by atomic mass is 10.2. The summed E-state index contributed by atoms with van der Waals surface area (Å²) in [6.45, 7) is 1.51. The first-order valence-corrected chi connectivity index (χ1v) is 7.85. The van der Waals surface area contributed by atoms with Crippen LogP contribution in [0.5, 0.6) is 5.75 Å². The lowest BCUT2D eigenvalue weighted by Gasteiger charge is -2.12. The number of benzene rings is 1. The molecule has 0 aliphatic heterocycles. The van der Waals surface area contributed by atoms with Crippen LogP contribution in [0.4, 0.5) is 13.2 Å². The largest absolute Gasteiger partial charge is 0.573 e. The van der Waals surface area contributed by atoms with Crippen molar-refractivity contribution in [3.63, 3.8) is 0 Å². The van der Waals surface area contributed by atoms with Crippen LogP contribution in [-0.2, 0) is 6.54 Å². The molecule has 1 N–H and O–H groups in total. The summed E-state index contributed by atoms with van der Waals surface area (Å²) in [4.78, 5) is 0. The van der Waals surface area contributed by atoms with Crippen molar-refractivity contribution in [3.05, 3.63) is 28.2 Å². The molecule has 0 spiro atoms. The molecule has 0 radical (unpaired) electrons. The van der Waals surface area contributed by atoms with Gasteiger partial charge in [0.05, 0.1) is 4.47 Å². The highest BCUT2D eigenvalue weighted by molar-refractivity contribution is 9.10. The first-order chi connectivity index (χ1) is 8.92. The maximum Gasteiger partial charge on any atom is 0.573 e. The summed E-state index contributed by atoms with van der Waals surface area (Å²) >= 11 is 4.86. The van der Waals surface area contributed by atoms with E-state index in [1.54, 1.807) is 23.9 Å². The summed E-state index contributed by atoms with van der Waals surface area (Å²) in [5.74, 6) is 0.869. The van der Waals surface area contributed by atoms with E-state index in [0.29, 0.717) is 11.0 Å². The standard InChI is InChI=1S/C12H15BrF3NOS/c1-19-6-2-5-17-8-9-3-4-11(10(13)7-9)18-12(14,15)16/h3-4,7,17H,2,5-6,8H2,1H3. The zero-order valence-corrected chi connectivity index (χ0v) is 12.8. The molecule has 7 heteroatoms. The van der Waals surface area contributed by atoms with Crippen LogP contribution < -0.4 is 10.1 Å². The smallest absolute Gasteiger partial charge is 0.405 e. The van der Waals surface area contributed by atoms with Gasteiger partial charge in [0.1, 0.15) is 5.75 Å². The van der Waals surface area contributed by atoms with Gasteiger partial charge in [-0.1, -0.05) is 6.07 Å². The highest BCUT2D eigenvalue weighted by atomic mass is 79.9. The summed E-state index contributed by atoms with van der Waals surface area (Å²) < 4.78 is 40.4. The third kappa shape index (κ3) is 7.08. The van der Waals surface area contributed by atoms with E-state index in [4.69, 9.17) is 0 Å². The topological polar surface area (TPSA) is 21.3 Å². The maximum atomic E-state index is 12.1. The minimum absolute atomic E-state index is 0.223. The Hall–Kier alpha value is -0.400. The molecule has 1 aromatic rings. The van der Waals surface area contributed by atoms with Crippen molar-refractivity contribution in [3.8, 4) is 5.75 Å². The van der Waals surface area contributed by atoms with Crippen LogP contribution in [0, 0.1) is 0 Å². The van der Waals surface area contributed by atoms with Gasteiger partial charge < -0.3 is 10.1 Å². The van der Waals surface area contributed by atoms with E-state index in [9.17, 15) is 13.2 Å². The van der Waals surface area contributed by atoms with Gasteiger partial charge in [-0.3, -0.25) is 0 Å². The predicted molar refractivity (Wildman–Crippen MR) is 75.5 cm³/mol. The fourth-order valence-electron chi connectivity index (χ4n) is 1.44. The van der Waals surface area contributed by atoms with Gasteiger partial charge in [-0.15, -0.1) is 13.2 Å². The molecule has 0 unspecified atom stereocenters. The second kappa shape index (κ2) is 8.01. The second-order valence-corrected chi connectivity index (χ2v) is 5.68. The average Bonchev–Trinajstić information content (AvgIpc) is 2.31. The zero-order valence-electron chi connectivity index (χ0n) is 10.4. The van der Waals surface area contributed by atoms with E-state index < -0.39 is 6.36 Å². The van der Waals surface area contributed by atoms with Gasteiger partial charge in [-0.25, -0.2) is 0 Å². The molecule has 0 bridgehead atoms. The first kappa shape index (κ1) is 16.7. The molecule has 0 aliphatic carbocycles. The van der Waals surface area contributed by atoms with Crippen molar-refractivity contribution in [2.45, 2.75) is 19.3 Å². The Morgan fingerprint density at radius 2 is 2.11 bits per heavy atom. The number of thioether (sulfide) groups is 1. The molecule has 0 atom stereocenters. The molecule has 0 aromatic heterocycles. The average molecular weight is 358 g/mol. The summed E-state index contributed by atoms with van der Waals surface area (Å²) in [6.07, 6.45) is -1.55. The molecular weight excluding hydrogens is 343 g/mol. The van der Waals surface area contributed by atoms with Crippen LogP contribution in [0.1, 0.15) is 12.0 Å². The molecular formula is C12H15BrF3NOS. The van der Waals surface area contributed by atoms with Crippen molar-refractivity contribution in [2.24, 2.45) is 0 Å². The normalized spacial score (nSPS) is 11.6. The molecule has 1 rings (SSSR count). The Kier molecular flexibility index (Phi) is 7.02.